The van der Waals surface area contributed by atoms with Crippen LogP contribution in [0.25, 0.3) is 0 Å². The van der Waals surface area contributed by atoms with Crippen LogP contribution in [0.2, 0.25) is 0 Å². The predicted molar refractivity (Wildman–Crippen MR) is 120 cm³/mol. The minimum absolute atomic E-state index is 0.0410. The van der Waals surface area contributed by atoms with Gasteiger partial charge in [-0.05, 0) is 54.8 Å². The summed E-state index contributed by atoms with van der Waals surface area (Å²) >= 11 is 1.14. The highest BCUT2D eigenvalue weighted by Gasteiger charge is 2.31. The first-order valence-corrected chi connectivity index (χ1v) is 13.0. The first-order chi connectivity index (χ1) is 15.0. The van der Waals surface area contributed by atoms with Crippen LogP contribution in [0.1, 0.15) is 57.7 Å². The van der Waals surface area contributed by atoms with Crippen molar-refractivity contribution in [1.82, 2.24) is 14.5 Å². The molecule has 166 valence electrons. The summed E-state index contributed by atoms with van der Waals surface area (Å²) in [6.45, 7) is 2.88. The van der Waals surface area contributed by atoms with Crippen LogP contribution in [-0.4, -0.2) is 55.6 Å². The quantitative estimate of drug-likeness (QED) is 0.716. The van der Waals surface area contributed by atoms with Crippen molar-refractivity contribution >= 4 is 33.2 Å². The monoisotopic (exact) mass is 461 g/mol. The molecule has 31 heavy (non-hydrogen) atoms. The second-order valence-corrected chi connectivity index (χ2v) is 10.8. The molecule has 0 bridgehead atoms. The molecular weight excluding hydrogens is 434 g/mol. The lowest BCUT2D eigenvalue weighted by Gasteiger charge is -2.25. The number of hydrogen-bond donors (Lipinski definition) is 1. The molecule has 2 aromatic rings. The summed E-state index contributed by atoms with van der Waals surface area (Å²) in [5, 5.41) is 4.46. The summed E-state index contributed by atoms with van der Waals surface area (Å²) in [6.07, 6.45) is 4.83. The van der Waals surface area contributed by atoms with E-state index in [1.165, 1.54) is 10.4 Å². The van der Waals surface area contributed by atoms with E-state index in [4.69, 9.17) is 0 Å². The van der Waals surface area contributed by atoms with Crippen LogP contribution in [0.15, 0.2) is 40.6 Å². The Bertz CT molecular complexity index is 1030. The summed E-state index contributed by atoms with van der Waals surface area (Å²) in [5.74, 6) is -0.359. The number of hydrogen-bond acceptors (Lipinski definition) is 5. The first kappa shape index (κ1) is 22.0. The maximum absolute atomic E-state index is 13.0. The molecule has 0 aliphatic carbocycles. The number of thiophene rings is 1. The lowest BCUT2D eigenvalue weighted by atomic mass is 10.1. The highest BCUT2D eigenvalue weighted by Crippen LogP contribution is 2.27. The first-order valence-electron chi connectivity index (χ1n) is 10.7. The lowest BCUT2D eigenvalue weighted by molar-refractivity contribution is 0.0792. The Kier molecular flexibility index (Phi) is 6.74. The van der Waals surface area contributed by atoms with Gasteiger partial charge in [0.05, 0.1) is 0 Å². The van der Waals surface area contributed by atoms with Gasteiger partial charge in [-0.1, -0.05) is 18.6 Å². The fraction of sp³-hybridized carbons (Fsp3) is 0.455. The number of rotatable bonds is 6. The Morgan fingerprint density at radius 2 is 1.55 bits per heavy atom. The third-order valence-electron chi connectivity index (χ3n) is 5.82. The minimum Gasteiger partial charge on any atom is -0.347 e. The van der Waals surface area contributed by atoms with E-state index >= 15 is 0 Å². The lowest BCUT2D eigenvalue weighted by Crippen LogP contribution is -2.36. The van der Waals surface area contributed by atoms with Gasteiger partial charge in [0.15, 0.2) is 0 Å². The summed E-state index contributed by atoms with van der Waals surface area (Å²) in [5.41, 5.74) is 1.49. The van der Waals surface area contributed by atoms with E-state index in [2.05, 4.69) is 5.32 Å². The van der Waals surface area contributed by atoms with Crippen molar-refractivity contribution < 1.29 is 18.0 Å². The average Bonchev–Trinajstić information content (AvgIpc) is 3.51. The van der Waals surface area contributed by atoms with Gasteiger partial charge in [-0.25, -0.2) is 8.42 Å². The Balaban J connectivity index is 1.39. The van der Waals surface area contributed by atoms with Crippen molar-refractivity contribution in [3.05, 3.63) is 51.7 Å². The third kappa shape index (κ3) is 4.83. The number of sulfonamides is 1. The van der Waals surface area contributed by atoms with Gasteiger partial charge in [0.2, 0.25) is 10.0 Å². The highest BCUT2D eigenvalue weighted by atomic mass is 32.2. The summed E-state index contributed by atoms with van der Waals surface area (Å²) in [4.78, 5) is 27.3. The van der Waals surface area contributed by atoms with Crippen LogP contribution in [-0.2, 0) is 16.6 Å². The number of likely N-dealkylation sites (tertiary alicyclic amines) is 1. The summed E-state index contributed by atoms with van der Waals surface area (Å²) in [7, 11) is -3.66. The molecule has 2 saturated heterocycles. The van der Waals surface area contributed by atoms with E-state index < -0.39 is 15.9 Å². The third-order valence-corrected chi connectivity index (χ3v) is 8.80. The zero-order chi connectivity index (χ0) is 21.8. The smallest absolute Gasteiger partial charge is 0.263 e. The van der Waals surface area contributed by atoms with E-state index in [9.17, 15) is 18.0 Å². The number of carbonyl (C=O) groups is 2. The fourth-order valence-electron chi connectivity index (χ4n) is 4.04. The molecule has 4 rings (SSSR count). The van der Waals surface area contributed by atoms with Crippen LogP contribution in [0, 0.1) is 0 Å². The molecule has 0 unspecified atom stereocenters. The van der Waals surface area contributed by atoms with Crippen LogP contribution in [0.4, 0.5) is 0 Å². The van der Waals surface area contributed by atoms with Gasteiger partial charge in [0.1, 0.15) is 9.77 Å². The van der Waals surface area contributed by atoms with Gasteiger partial charge in [-0.3, -0.25) is 9.59 Å². The maximum Gasteiger partial charge on any atom is 0.263 e. The second kappa shape index (κ2) is 9.50. The molecule has 9 heteroatoms. The molecule has 1 aromatic heterocycles. The molecule has 0 spiro atoms. The number of nitrogens with zero attached hydrogens (tertiary/aromatic N) is 2. The van der Waals surface area contributed by atoms with Crippen LogP contribution < -0.4 is 5.32 Å². The molecule has 1 aromatic carbocycles. The van der Waals surface area contributed by atoms with E-state index in [0.29, 0.717) is 18.7 Å². The van der Waals surface area contributed by atoms with Gasteiger partial charge in [-0.2, -0.15) is 4.31 Å². The Morgan fingerprint density at radius 3 is 2.23 bits per heavy atom. The highest BCUT2D eigenvalue weighted by molar-refractivity contribution is 7.89. The number of benzene rings is 1. The van der Waals surface area contributed by atoms with Gasteiger partial charge >= 0.3 is 0 Å². The Morgan fingerprint density at radius 1 is 0.903 bits per heavy atom. The molecule has 2 fully saturated rings. The van der Waals surface area contributed by atoms with Crippen molar-refractivity contribution in [2.24, 2.45) is 0 Å². The molecule has 1 N–H and O–H groups in total. The van der Waals surface area contributed by atoms with Crippen molar-refractivity contribution in [1.29, 1.82) is 0 Å². The zero-order valence-corrected chi connectivity index (χ0v) is 19.0. The molecule has 0 radical (unpaired) electrons. The van der Waals surface area contributed by atoms with E-state index in [1.807, 2.05) is 17.0 Å². The number of amides is 2. The summed E-state index contributed by atoms with van der Waals surface area (Å²) < 4.78 is 27.4. The molecular formula is C22H27N3O4S2. The standard InChI is InChI=1S/C22H27N3O4S2/c26-21(20-19(10-15-30-20)31(28,29)25-13-2-1-3-14-25)23-16-17-6-8-18(9-7-17)22(27)24-11-4-5-12-24/h6-10,15H,1-5,11-14,16H2,(H,23,26). The second-order valence-electron chi connectivity index (χ2n) is 7.96. The Labute approximate surface area is 187 Å². The predicted octanol–water partition coefficient (Wildman–Crippen LogP) is 3.09. The van der Waals surface area contributed by atoms with Gasteiger partial charge < -0.3 is 10.2 Å². The minimum atomic E-state index is -3.66. The van der Waals surface area contributed by atoms with Crippen molar-refractivity contribution in [2.45, 2.75) is 43.5 Å². The number of piperidine rings is 1. The molecule has 0 atom stereocenters. The maximum atomic E-state index is 13.0. The van der Waals surface area contributed by atoms with Gasteiger partial charge in [0, 0.05) is 38.3 Å². The van der Waals surface area contributed by atoms with E-state index in [-0.39, 0.29) is 22.2 Å². The van der Waals surface area contributed by atoms with Crippen molar-refractivity contribution in [2.75, 3.05) is 26.2 Å². The van der Waals surface area contributed by atoms with Gasteiger partial charge in [0.25, 0.3) is 11.8 Å². The molecule has 2 aliphatic heterocycles. The topological polar surface area (TPSA) is 86.8 Å². The molecule has 2 aliphatic rings. The number of nitrogens with one attached hydrogen (secondary N) is 1. The largest absolute Gasteiger partial charge is 0.347 e. The average molecular weight is 462 g/mol. The van der Waals surface area contributed by atoms with E-state index in [0.717, 1.165) is 62.1 Å². The van der Waals surface area contributed by atoms with Gasteiger partial charge in [-0.15, -0.1) is 11.3 Å². The van der Waals surface area contributed by atoms with Crippen LogP contribution in [0.3, 0.4) is 0 Å². The zero-order valence-electron chi connectivity index (χ0n) is 17.4. The molecule has 7 nitrogen and oxygen atoms in total. The fourth-order valence-corrected chi connectivity index (χ4v) is 6.88. The normalized spacial score (nSPS) is 17.6. The Hall–Kier alpha value is -2.23. The molecule has 0 saturated carbocycles. The molecule has 3 heterocycles. The summed E-state index contributed by atoms with van der Waals surface area (Å²) in [6, 6.07) is 8.72. The van der Waals surface area contributed by atoms with Crippen LogP contribution >= 0.6 is 11.3 Å². The SMILES string of the molecule is O=C(NCc1ccc(C(=O)N2CCCC2)cc1)c1sccc1S(=O)(=O)N1CCCCC1. The van der Waals surface area contributed by atoms with E-state index in [1.54, 1.807) is 17.5 Å². The molecule has 2 amide bonds. The number of carbonyl (C=O) groups excluding carboxylic acids is 2. The van der Waals surface area contributed by atoms with Crippen molar-refractivity contribution in [3.63, 3.8) is 0 Å². The van der Waals surface area contributed by atoms with Crippen LogP contribution in [0.5, 0.6) is 0 Å². The van der Waals surface area contributed by atoms with Crippen molar-refractivity contribution in [3.8, 4) is 0 Å².